The number of nitrogens with one attached hydrogen (secondary N) is 2. The van der Waals surface area contributed by atoms with Crippen molar-refractivity contribution in [1.82, 2.24) is 10.6 Å². The molecule has 0 heterocycles. The Bertz CT molecular complexity index is 391. The van der Waals surface area contributed by atoms with Gasteiger partial charge in [-0.1, -0.05) is 13.8 Å². The minimum absolute atomic E-state index is 0.120. The van der Waals surface area contributed by atoms with Crippen molar-refractivity contribution in [2.45, 2.75) is 65.1 Å². The SMILES string of the molecule is CSCCC(NC(=O)OC(C)(C)C)C(=O)NC1CC1(C)C. The molecule has 2 atom stereocenters. The maximum Gasteiger partial charge on any atom is 0.408 e. The summed E-state index contributed by atoms with van der Waals surface area (Å²) in [7, 11) is 0. The van der Waals surface area contributed by atoms with Crippen molar-refractivity contribution < 1.29 is 14.3 Å². The second-order valence-corrected chi connectivity index (χ2v) is 8.22. The Kier molecular flexibility index (Phi) is 5.96. The molecule has 1 rings (SSSR count). The zero-order valence-electron chi connectivity index (χ0n) is 13.9. The molecule has 1 fully saturated rings. The van der Waals surface area contributed by atoms with Gasteiger partial charge in [-0.05, 0) is 51.0 Å². The lowest BCUT2D eigenvalue weighted by atomic mass is 10.1. The van der Waals surface area contributed by atoms with E-state index in [4.69, 9.17) is 4.74 Å². The van der Waals surface area contributed by atoms with E-state index in [2.05, 4.69) is 24.5 Å². The number of ether oxygens (including phenoxy) is 1. The van der Waals surface area contributed by atoms with E-state index in [9.17, 15) is 9.59 Å². The van der Waals surface area contributed by atoms with Crippen LogP contribution in [0.25, 0.3) is 0 Å². The average Bonchev–Trinajstić information content (AvgIpc) is 2.89. The first kappa shape index (κ1) is 18.1. The maximum absolute atomic E-state index is 12.3. The van der Waals surface area contributed by atoms with E-state index in [1.54, 1.807) is 32.5 Å². The van der Waals surface area contributed by atoms with Crippen LogP contribution >= 0.6 is 11.8 Å². The fourth-order valence-electron chi connectivity index (χ4n) is 1.94. The predicted molar refractivity (Wildman–Crippen MR) is 86.5 cm³/mol. The van der Waals surface area contributed by atoms with Crippen LogP contribution in [0.3, 0.4) is 0 Å². The smallest absolute Gasteiger partial charge is 0.408 e. The van der Waals surface area contributed by atoms with E-state index in [1.165, 1.54) is 0 Å². The number of hydrogen-bond donors (Lipinski definition) is 2. The second kappa shape index (κ2) is 6.90. The quantitative estimate of drug-likeness (QED) is 0.790. The summed E-state index contributed by atoms with van der Waals surface area (Å²) in [5.41, 5.74) is -0.394. The molecule has 0 aromatic heterocycles. The van der Waals surface area contributed by atoms with Crippen molar-refractivity contribution in [3.8, 4) is 0 Å². The molecule has 21 heavy (non-hydrogen) atoms. The molecule has 2 unspecified atom stereocenters. The molecule has 0 aromatic rings. The fourth-order valence-corrected chi connectivity index (χ4v) is 2.41. The van der Waals surface area contributed by atoms with Crippen molar-refractivity contribution in [2.24, 2.45) is 5.41 Å². The van der Waals surface area contributed by atoms with Crippen LogP contribution in [0.15, 0.2) is 0 Å². The molecule has 2 N–H and O–H groups in total. The molecule has 5 nitrogen and oxygen atoms in total. The Morgan fingerprint density at radius 1 is 1.38 bits per heavy atom. The van der Waals surface area contributed by atoms with Crippen molar-refractivity contribution in [1.29, 1.82) is 0 Å². The monoisotopic (exact) mass is 316 g/mol. The molecular weight excluding hydrogens is 288 g/mol. The number of thioether (sulfide) groups is 1. The summed E-state index contributed by atoms with van der Waals surface area (Å²) in [6.45, 7) is 9.65. The van der Waals surface area contributed by atoms with Crippen molar-refractivity contribution in [3.63, 3.8) is 0 Å². The van der Waals surface area contributed by atoms with Crippen LogP contribution in [-0.2, 0) is 9.53 Å². The van der Waals surface area contributed by atoms with Gasteiger partial charge in [0.2, 0.25) is 5.91 Å². The largest absolute Gasteiger partial charge is 0.444 e. The Morgan fingerprint density at radius 2 is 1.95 bits per heavy atom. The van der Waals surface area contributed by atoms with Gasteiger partial charge in [-0.3, -0.25) is 4.79 Å². The molecule has 0 spiro atoms. The first-order valence-corrected chi connectivity index (χ1v) is 8.73. The highest BCUT2D eigenvalue weighted by atomic mass is 32.2. The number of rotatable bonds is 6. The lowest BCUT2D eigenvalue weighted by molar-refractivity contribution is -0.123. The first-order chi connectivity index (χ1) is 9.55. The van der Waals surface area contributed by atoms with Gasteiger partial charge in [0.05, 0.1) is 0 Å². The van der Waals surface area contributed by atoms with Crippen molar-refractivity contribution >= 4 is 23.8 Å². The molecule has 6 heteroatoms. The average molecular weight is 316 g/mol. The zero-order chi connectivity index (χ0) is 16.3. The minimum atomic E-state index is -0.566. The number of carbonyl (C=O) groups excluding carboxylic acids is 2. The molecule has 0 aromatic carbocycles. The Morgan fingerprint density at radius 3 is 2.38 bits per heavy atom. The molecule has 2 amide bonds. The van der Waals surface area contributed by atoms with E-state index in [0.29, 0.717) is 6.42 Å². The third-order valence-corrected chi connectivity index (χ3v) is 4.09. The lowest BCUT2D eigenvalue weighted by Gasteiger charge is -2.23. The van der Waals surface area contributed by atoms with Crippen LogP contribution in [0, 0.1) is 5.41 Å². The van der Waals surface area contributed by atoms with Crippen LogP contribution in [-0.4, -0.2) is 41.7 Å². The molecule has 0 aliphatic heterocycles. The van der Waals surface area contributed by atoms with Crippen LogP contribution in [0.1, 0.15) is 47.5 Å². The van der Waals surface area contributed by atoms with Crippen molar-refractivity contribution in [3.05, 3.63) is 0 Å². The minimum Gasteiger partial charge on any atom is -0.444 e. The Labute approximate surface area is 132 Å². The Balaban J connectivity index is 2.54. The first-order valence-electron chi connectivity index (χ1n) is 7.34. The zero-order valence-corrected chi connectivity index (χ0v) is 14.7. The highest BCUT2D eigenvalue weighted by Gasteiger charge is 2.47. The van der Waals surface area contributed by atoms with Gasteiger partial charge in [0.25, 0.3) is 0 Å². The van der Waals surface area contributed by atoms with Gasteiger partial charge in [0.15, 0.2) is 0 Å². The third-order valence-electron chi connectivity index (χ3n) is 3.45. The number of alkyl carbamates (subject to hydrolysis) is 1. The van der Waals surface area contributed by atoms with E-state index < -0.39 is 17.7 Å². The summed E-state index contributed by atoms with van der Waals surface area (Å²) in [5.74, 6) is 0.688. The van der Waals surface area contributed by atoms with Gasteiger partial charge in [0, 0.05) is 6.04 Å². The lowest BCUT2D eigenvalue weighted by Crippen LogP contribution is -2.49. The standard InChI is InChI=1S/C15H28N2O3S/c1-14(2,3)20-13(19)16-10(7-8-21-6)12(18)17-11-9-15(11,4)5/h10-11H,7-9H2,1-6H3,(H,16,19)(H,17,18). The van der Waals surface area contributed by atoms with Gasteiger partial charge in [-0.15, -0.1) is 0 Å². The van der Waals surface area contributed by atoms with Crippen LogP contribution in [0.4, 0.5) is 4.79 Å². The number of carbonyl (C=O) groups is 2. The molecule has 122 valence electrons. The highest BCUT2D eigenvalue weighted by Crippen LogP contribution is 2.44. The van der Waals surface area contributed by atoms with Crippen LogP contribution in [0.2, 0.25) is 0 Å². The summed E-state index contributed by atoms with van der Waals surface area (Å²) in [6.07, 6.45) is 3.02. The van der Waals surface area contributed by atoms with Crippen LogP contribution in [0.5, 0.6) is 0 Å². The summed E-state index contributed by atoms with van der Waals surface area (Å²) in [6, 6.07) is -0.328. The molecule has 0 radical (unpaired) electrons. The molecular formula is C15H28N2O3S. The summed E-state index contributed by atoms with van der Waals surface area (Å²) in [4.78, 5) is 24.1. The van der Waals surface area contributed by atoms with E-state index in [0.717, 1.165) is 12.2 Å². The highest BCUT2D eigenvalue weighted by molar-refractivity contribution is 7.98. The topological polar surface area (TPSA) is 67.4 Å². The Hall–Kier alpha value is -0.910. The fraction of sp³-hybridized carbons (Fsp3) is 0.867. The molecule has 1 saturated carbocycles. The van der Waals surface area contributed by atoms with Gasteiger partial charge in [-0.25, -0.2) is 4.79 Å². The van der Waals surface area contributed by atoms with E-state index in [1.807, 2.05) is 6.26 Å². The van der Waals surface area contributed by atoms with Gasteiger partial charge in [0.1, 0.15) is 11.6 Å². The van der Waals surface area contributed by atoms with E-state index in [-0.39, 0.29) is 17.4 Å². The van der Waals surface area contributed by atoms with Gasteiger partial charge < -0.3 is 15.4 Å². The summed E-state index contributed by atoms with van der Waals surface area (Å²) < 4.78 is 5.22. The molecule has 1 aliphatic rings. The predicted octanol–water partition coefficient (Wildman–Crippen LogP) is 2.55. The summed E-state index contributed by atoms with van der Waals surface area (Å²) >= 11 is 1.65. The van der Waals surface area contributed by atoms with Gasteiger partial charge >= 0.3 is 6.09 Å². The molecule has 1 aliphatic carbocycles. The number of amides is 2. The second-order valence-electron chi connectivity index (χ2n) is 7.23. The third kappa shape index (κ3) is 6.59. The van der Waals surface area contributed by atoms with Crippen molar-refractivity contribution in [2.75, 3.05) is 12.0 Å². The summed E-state index contributed by atoms with van der Waals surface area (Å²) in [5, 5.41) is 5.68. The number of hydrogen-bond acceptors (Lipinski definition) is 4. The van der Waals surface area contributed by atoms with Gasteiger partial charge in [-0.2, -0.15) is 11.8 Å². The molecule has 0 saturated heterocycles. The maximum atomic E-state index is 12.3. The normalized spacial score (nSPS) is 21.3. The van der Waals surface area contributed by atoms with Crippen LogP contribution < -0.4 is 10.6 Å². The van der Waals surface area contributed by atoms with E-state index >= 15 is 0 Å². The molecule has 0 bridgehead atoms.